The molecule has 9 heteroatoms. The van der Waals surface area contributed by atoms with Gasteiger partial charge in [-0.2, -0.15) is 0 Å². The minimum absolute atomic E-state index is 0.106. The summed E-state index contributed by atoms with van der Waals surface area (Å²) in [5, 5.41) is 3.67. The summed E-state index contributed by atoms with van der Waals surface area (Å²) in [5.74, 6) is 1.08. The Morgan fingerprint density at radius 3 is 3.00 bits per heavy atom. The smallest absolute Gasteiger partial charge is 0.283 e. The predicted octanol–water partition coefficient (Wildman–Crippen LogP) is 3.87. The van der Waals surface area contributed by atoms with Gasteiger partial charge in [0.05, 0.1) is 6.61 Å². The van der Waals surface area contributed by atoms with Crippen molar-refractivity contribution in [1.29, 1.82) is 0 Å². The van der Waals surface area contributed by atoms with Crippen LogP contribution in [0.4, 0.5) is 5.69 Å². The summed E-state index contributed by atoms with van der Waals surface area (Å²) >= 11 is 3.44. The van der Waals surface area contributed by atoms with Crippen LogP contribution in [0.5, 0.6) is 11.6 Å². The van der Waals surface area contributed by atoms with Gasteiger partial charge in [0.2, 0.25) is 5.88 Å². The minimum atomic E-state index is -0.789. The van der Waals surface area contributed by atoms with E-state index in [0.717, 1.165) is 15.6 Å². The van der Waals surface area contributed by atoms with Crippen LogP contribution in [-0.4, -0.2) is 17.6 Å². The number of ether oxygens (including phenoxy) is 2. The van der Waals surface area contributed by atoms with Gasteiger partial charge in [-0.1, -0.05) is 5.11 Å². The summed E-state index contributed by atoms with van der Waals surface area (Å²) in [5.41, 5.74) is 15.8. The molecule has 2 aliphatic rings. The maximum Gasteiger partial charge on any atom is 0.283 e. The lowest BCUT2D eigenvalue weighted by atomic mass is 9.78. The SMILES string of the molecule is [N-]=[N+]=Nc1ccc2c(c1)C1(CCOC(N)=N1)c1cc(Br)cnc1O2. The maximum atomic E-state index is 8.71. The van der Waals surface area contributed by atoms with Crippen LogP contribution >= 0.6 is 15.9 Å². The largest absolute Gasteiger partial charge is 0.465 e. The van der Waals surface area contributed by atoms with Gasteiger partial charge in [-0.3, -0.25) is 0 Å². The molecule has 0 radical (unpaired) electrons. The Labute approximate surface area is 145 Å². The van der Waals surface area contributed by atoms with Crippen molar-refractivity contribution >= 4 is 27.6 Å². The zero-order chi connectivity index (χ0) is 16.7. The van der Waals surface area contributed by atoms with Crippen LogP contribution < -0.4 is 10.5 Å². The molecular formula is C15H11BrN6O2. The number of azide groups is 1. The fourth-order valence-electron chi connectivity index (χ4n) is 3.07. The number of hydrogen-bond acceptors (Lipinski definition) is 6. The summed E-state index contributed by atoms with van der Waals surface area (Å²) in [6.07, 6.45) is 2.23. The van der Waals surface area contributed by atoms with Crippen LogP contribution in [-0.2, 0) is 10.3 Å². The second-order valence-electron chi connectivity index (χ2n) is 5.39. The molecule has 0 amide bonds. The minimum Gasteiger partial charge on any atom is -0.465 e. The monoisotopic (exact) mass is 386 g/mol. The van der Waals surface area contributed by atoms with Crippen LogP contribution in [0.25, 0.3) is 10.4 Å². The lowest BCUT2D eigenvalue weighted by Crippen LogP contribution is -2.38. The van der Waals surface area contributed by atoms with E-state index in [1.807, 2.05) is 6.07 Å². The Kier molecular flexibility index (Phi) is 3.33. The third-order valence-electron chi connectivity index (χ3n) is 4.05. The molecule has 2 aromatic rings. The molecule has 3 heterocycles. The van der Waals surface area contributed by atoms with Gasteiger partial charge >= 0.3 is 0 Å². The van der Waals surface area contributed by atoms with Gasteiger partial charge in [-0.25, -0.2) is 9.98 Å². The molecule has 1 unspecified atom stereocenters. The zero-order valence-corrected chi connectivity index (χ0v) is 13.9. The van der Waals surface area contributed by atoms with Crippen molar-refractivity contribution in [3.8, 4) is 11.6 Å². The number of aromatic nitrogens is 1. The average molecular weight is 387 g/mol. The van der Waals surface area contributed by atoms with Crippen molar-refractivity contribution in [2.75, 3.05) is 6.61 Å². The average Bonchev–Trinajstić information content (AvgIpc) is 2.57. The van der Waals surface area contributed by atoms with Gasteiger partial charge in [0.25, 0.3) is 6.02 Å². The Hall–Kier alpha value is -2.77. The quantitative estimate of drug-likeness (QED) is 0.454. The van der Waals surface area contributed by atoms with Crippen LogP contribution in [0.3, 0.4) is 0 Å². The highest BCUT2D eigenvalue weighted by Gasteiger charge is 2.45. The lowest BCUT2D eigenvalue weighted by molar-refractivity contribution is 0.218. The van der Waals surface area contributed by atoms with Crippen molar-refractivity contribution < 1.29 is 9.47 Å². The summed E-state index contributed by atoms with van der Waals surface area (Å²) in [4.78, 5) is 11.8. The Bertz CT molecular complexity index is 924. The van der Waals surface area contributed by atoms with E-state index in [1.165, 1.54) is 0 Å². The number of nitrogens with two attached hydrogens (primary N) is 1. The number of fused-ring (bicyclic) bond motifs is 4. The molecule has 0 bridgehead atoms. The van der Waals surface area contributed by atoms with Crippen LogP contribution in [0.1, 0.15) is 17.5 Å². The standard InChI is InChI=1S/C15H11BrN6O2/c16-8-5-11-13(19-7-8)24-12-2-1-9(21-22-18)6-10(12)15(11)3-4-23-14(17)20-15/h1-2,5-7H,3-4H2,(H2,17,20). The van der Waals surface area contributed by atoms with Gasteiger partial charge in [0.15, 0.2) is 0 Å². The summed E-state index contributed by atoms with van der Waals surface area (Å²) in [6.45, 7) is 0.409. The molecule has 2 aliphatic heterocycles. The number of hydrogen-bond donors (Lipinski definition) is 1. The first-order valence-electron chi connectivity index (χ1n) is 7.14. The van der Waals surface area contributed by atoms with Crippen molar-refractivity contribution in [1.82, 2.24) is 4.98 Å². The molecule has 1 aromatic carbocycles. The number of halogens is 1. The fourth-order valence-corrected chi connectivity index (χ4v) is 3.40. The number of nitrogens with zero attached hydrogens (tertiary/aromatic N) is 5. The van der Waals surface area contributed by atoms with Gasteiger partial charge in [0, 0.05) is 38.8 Å². The molecule has 0 fully saturated rings. The Balaban J connectivity index is 2.03. The van der Waals surface area contributed by atoms with Crippen molar-refractivity contribution in [2.45, 2.75) is 12.0 Å². The van der Waals surface area contributed by atoms with Gasteiger partial charge in [-0.15, -0.1) is 0 Å². The Morgan fingerprint density at radius 2 is 2.21 bits per heavy atom. The molecule has 0 saturated heterocycles. The Morgan fingerprint density at radius 1 is 1.33 bits per heavy atom. The molecule has 1 atom stereocenters. The molecule has 24 heavy (non-hydrogen) atoms. The van der Waals surface area contributed by atoms with Crippen molar-refractivity contribution in [3.63, 3.8) is 0 Å². The number of aliphatic imine (C=N–C) groups is 1. The van der Waals surface area contributed by atoms with Crippen LogP contribution in [0.15, 0.2) is 45.0 Å². The first-order chi connectivity index (χ1) is 11.6. The predicted molar refractivity (Wildman–Crippen MR) is 90.2 cm³/mol. The second-order valence-corrected chi connectivity index (χ2v) is 6.30. The van der Waals surface area contributed by atoms with E-state index in [0.29, 0.717) is 30.3 Å². The van der Waals surface area contributed by atoms with E-state index in [4.69, 9.17) is 20.7 Å². The van der Waals surface area contributed by atoms with Crippen molar-refractivity contribution in [2.24, 2.45) is 15.8 Å². The highest BCUT2D eigenvalue weighted by molar-refractivity contribution is 9.10. The number of rotatable bonds is 1. The van der Waals surface area contributed by atoms with E-state index >= 15 is 0 Å². The van der Waals surface area contributed by atoms with E-state index < -0.39 is 5.54 Å². The van der Waals surface area contributed by atoms with E-state index in [9.17, 15) is 0 Å². The van der Waals surface area contributed by atoms with Gasteiger partial charge in [-0.05, 0) is 45.7 Å². The fraction of sp³-hybridized carbons (Fsp3) is 0.200. The molecule has 4 rings (SSSR count). The first kappa shape index (κ1) is 14.8. The molecule has 120 valence electrons. The number of pyridine rings is 1. The van der Waals surface area contributed by atoms with Gasteiger partial charge in [0.1, 0.15) is 11.3 Å². The van der Waals surface area contributed by atoms with E-state index in [-0.39, 0.29) is 6.02 Å². The van der Waals surface area contributed by atoms with Gasteiger partial charge < -0.3 is 15.2 Å². The normalized spacial score (nSPS) is 20.8. The van der Waals surface area contributed by atoms with Crippen molar-refractivity contribution in [3.05, 3.63) is 56.5 Å². The highest BCUT2D eigenvalue weighted by Crippen LogP contribution is 2.52. The summed E-state index contributed by atoms with van der Waals surface area (Å²) < 4.78 is 12.0. The highest BCUT2D eigenvalue weighted by atomic mass is 79.9. The zero-order valence-electron chi connectivity index (χ0n) is 12.3. The number of benzene rings is 1. The third-order valence-corrected chi connectivity index (χ3v) is 4.49. The molecule has 1 aromatic heterocycles. The topological polar surface area (TPSA) is 118 Å². The molecule has 0 saturated carbocycles. The number of amidine groups is 1. The third kappa shape index (κ3) is 2.17. The molecule has 2 N–H and O–H groups in total. The molecule has 0 aliphatic carbocycles. The molecule has 8 nitrogen and oxygen atoms in total. The molecular weight excluding hydrogens is 376 g/mol. The van der Waals surface area contributed by atoms with Crippen LogP contribution in [0, 0.1) is 0 Å². The van der Waals surface area contributed by atoms with E-state index in [2.05, 4.69) is 35.9 Å². The molecule has 1 spiro atoms. The second kappa shape index (κ2) is 5.40. The summed E-state index contributed by atoms with van der Waals surface area (Å²) in [7, 11) is 0. The van der Waals surface area contributed by atoms with Crippen LogP contribution in [0.2, 0.25) is 0 Å². The summed E-state index contributed by atoms with van der Waals surface area (Å²) in [6, 6.07) is 7.21. The first-order valence-corrected chi connectivity index (χ1v) is 7.93. The lowest BCUT2D eigenvalue weighted by Gasteiger charge is -2.38. The van der Waals surface area contributed by atoms with E-state index in [1.54, 1.807) is 24.4 Å². The maximum absolute atomic E-state index is 8.71.